The monoisotopic (exact) mass is 244 g/mol. The van der Waals surface area contributed by atoms with E-state index < -0.39 is 0 Å². The number of anilines is 1. The maximum Gasteiger partial charge on any atom is 0.361 e. The van der Waals surface area contributed by atoms with Crippen LogP contribution in [0.3, 0.4) is 0 Å². The highest BCUT2D eigenvalue weighted by Gasteiger charge is 2.03. The molecule has 0 saturated heterocycles. The minimum absolute atomic E-state index is 0.108. The molecule has 0 radical (unpaired) electrons. The van der Waals surface area contributed by atoms with Crippen molar-refractivity contribution in [2.24, 2.45) is 0 Å². The van der Waals surface area contributed by atoms with Gasteiger partial charge in [-0.05, 0) is 29.5 Å². The Hall–Kier alpha value is -2.95. The summed E-state index contributed by atoms with van der Waals surface area (Å²) in [6.45, 7) is 0. The molecule has 0 unspecified atom stereocenters. The zero-order chi connectivity index (χ0) is 12.8. The van der Waals surface area contributed by atoms with Crippen molar-refractivity contribution in [2.45, 2.75) is 6.42 Å². The van der Waals surface area contributed by atoms with Crippen molar-refractivity contribution in [3.05, 3.63) is 24.3 Å². The summed E-state index contributed by atoms with van der Waals surface area (Å²) in [7, 11) is 0. The molecule has 2 N–H and O–H groups in total. The molecule has 1 heterocycles. The summed E-state index contributed by atoms with van der Waals surface area (Å²) in [4.78, 5) is 11.2. The topological polar surface area (TPSA) is 117 Å². The van der Waals surface area contributed by atoms with Crippen LogP contribution in [-0.4, -0.2) is 26.5 Å². The number of ether oxygens (including phenoxy) is 1. The largest absolute Gasteiger partial charge is 0.422 e. The standard InChI is InChI=1S/C10H8N6O2/c11-6-5-9(17)12-7-1-3-8(4-2-7)18-10-13-15-16-14-10/h1-4H,5H2,(H,12,17)(H,13,14,15,16). The van der Waals surface area contributed by atoms with Crippen LogP contribution in [0.5, 0.6) is 11.8 Å². The third kappa shape index (κ3) is 3.02. The number of hydrogen-bond acceptors (Lipinski definition) is 6. The zero-order valence-corrected chi connectivity index (χ0v) is 9.12. The van der Waals surface area contributed by atoms with Gasteiger partial charge in [-0.3, -0.25) is 4.79 Å². The Labute approximate surface area is 102 Å². The summed E-state index contributed by atoms with van der Waals surface area (Å²) in [6.07, 6.45) is -0.179. The van der Waals surface area contributed by atoms with Crippen LogP contribution >= 0.6 is 0 Å². The highest BCUT2D eigenvalue weighted by molar-refractivity contribution is 5.92. The first-order valence-electron chi connectivity index (χ1n) is 4.96. The van der Waals surface area contributed by atoms with Gasteiger partial charge in [0.05, 0.1) is 6.07 Å². The third-order valence-corrected chi connectivity index (χ3v) is 1.91. The van der Waals surface area contributed by atoms with Gasteiger partial charge in [0.25, 0.3) is 0 Å². The van der Waals surface area contributed by atoms with Gasteiger partial charge in [-0.2, -0.15) is 10.5 Å². The van der Waals surface area contributed by atoms with Gasteiger partial charge in [-0.25, -0.2) is 0 Å². The van der Waals surface area contributed by atoms with Gasteiger partial charge in [0.2, 0.25) is 5.91 Å². The number of tetrazole rings is 1. The summed E-state index contributed by atoms with van der Waals surface area (Å²) >= 11 is 0. The van der Waals surface area contributed by atoms with Crippen LogP contribution in [0, 0.1) is 11.3 Å². The number of benzene rings is 1. The number of aromatic nitrogens is 4. The van der Waals surface area contributed by atoms with Gasteiger partial charge in [-0.15, -0.1) is 0 Å². The van der Waals surface area contributed by atoms with Crippen molar-refractivity contribution >= 4 is 11.6 Å². The van der Waals surface area contributed by atoms with E-state index in [1.165, 1.54) is 0 Å². The number of hydrogen-bond donors (Lipinski definition) is 2. The first kappa shape index (κ1) is 11.5. The minimum Gasteiger partial charge on any atom is -0.422 e. The predicted octanol–water partition coefficient (Wildman–Crippen LogP) is 0.844. The number of aromatic amines is 1. The summed E-state index contributed by atoms with van der Waals surface area (Å²) in [5.74, 6) is 0.152. The van der Waals surface area contributed by atoms with Crippen LogP contribution in [0.15, 0.2) is 24.3 Å². The second-order valence-corrected chi connectivity index (χ2v) is 3.20. The van der Waals surface area contributed by atoms with Crippen LogP contribution < -0.4 is 10.1 Å². The molecule has 0 saturated carbocycles. The summed E-state index contributed by atoms with van der Waals surface area (Å²) in [5.41, 5.74) is 0.579. The van der Waals surface area contributed by atoms with Gasteiger partial charge < -0.3 is 10.1 Å². The number of rotatable bonds is 4. The van der Waals surface area contributed by atoms with E-state index in [1.54, 1.807) is 30.3 Å². The molecule has 8 heteroatoms. The van der Waals surface area contributed by atoms with Crippen molar-refractivity contribution in [3.63, 3.8) is 0 Å². The molecule has 0 spiro atoms. The lowest BCUT2D eigenvalue weighted by molar-refractivity contribution is -0.115. The van der Waals surface area contributed by atoms with Crippen LogP contribution in [0.1, 0.15) is 6.42 Å². The molecule has 18 heavy (non-hydrogen) atoms. The molecule has 0 fully saturated rings. The van der Waals surface area contributed by atoms with E-state index in [0.29, 0.717) is 11.4 Å². The van der Waals surface area contributed by atoms with Gasteiger partial charge in [-0.1, -0.05) is 10.2 Å². The molecule has 0 atom stereocenters. The second-order valence-electron chi connectivity index (χ2n) is 3.20. The Morgan fingerprint density at radius 1 is 1.44 bits per heavy atom. The van der Waals surface area contributed by atoms with E-state index in [2.05, 4.69) is 25.9 Å². The third-order valence-electron chi connectivity index (χ3n) is 1.91. The van der Waals surface area contributed by atoms with Gasteiger partial charge in [0, 0.05) is 5.69 Å². The quantitative estimate of drug-likeness (QED) is 0.823. The van der Waals surface area contributed by atoms with E-state index in [9.17, 15) is 4.79 Å². The van der Waals surface area contributed by atoms with E-state index >= 15 is 0 Å². The molecule has 1 amide bonds. The van der Waals surface area contributed by atoms with Crippen molar-refractivity contribution in [2.75, 3.05) is 5.32 Å². The molecule has 0 aliphatic heterocycles. The summed E-state index contributed by atoms with van der Waals surface area (Å²) in [5, 5.41) is 23.8. The Kier molecular flexibility index (Phi) is 3.46. The van der Waals surface area contributed by atoms with Crippen LogP contribution in [0.4, 0.5) is 5.69 Å². The van der Waals surface area contributed by atoms with Gasteiger partial charge in [0.15, 0.2) is 0 Å². The Bertz CT molecular complexity index is 557. The fourth-order valence-corrected chi connectivity index (χ4v) is 1.18. The van der Waals surface area contributed by atoms with Gasteiger partial charge >= 0.3 is 6.01 Å². The highest BCUT2D eigenvalue weighted by Crippen LogP contribution is 2.19. The number of H-pyrrole nitrogens is 1. The van der Waals surface area contributed by atoms with E-state index in [0.717, 1.165) is 0 Å². The molecule has 0 bridgehead atoms. The number of carbonyl (C=O) groups excluding carboxylic acids is 1. The molecular formula is C10H8N6O2. The van der Waals surface area contributed by atoms with E-state index in [4.69, 9.17) is 10.00 Å². The Morgan fingerprint density at radius 2 is 2.22 bits per heavy atom. The zero-order valence-electron chi connectivity index (χ0n) is 9.12. The lowest BCUT2D eigenvalue weighted by Gasteiger charge is -2.04. The average Bonchev–Trinajstić information content (AvgIpc) is 2.85. The lowest BCUT2D eigenvalue weighted by Crippen LogP contribution is -2.09. The summed E-state index contributed by atoms with van der Waals surface area (Å²) in [6, 6.07) is 8.43. The molecule has 8 nitrogen and oxygen atoms in total. The van der Waals surface area contributed by atoms with Gasteiger partial charge in [0.1, 0.15) is 12.2 Å². The number of nitrogens with one attached hydrogen (secondary N) is 2. The fraction of sp³-hybridized carbons (Fsp3) is 0.100. The fourth-order valence-electron chi connectivity index (χ4n) is 1.18. The molecule has 1 aromatic heterocycles. The molecule has 0 aliphatic rings. The smallest absolute Gasteiger partial charge is 0.361 e. The average molecular weight is 244 g/mol. The van der Waals surface area contributed by atoms with Crippen molar-refractivity contribution < 1.29 is 9.53 Å². The first-order valence-corrected chi connectivity index (χ1v) is 4.96. The van der Waals surface area contributed by atoms with Crippen molar-refractivity contribution in [1.29, 1.82) is 5.26 Å². The lowest BCUT2D eigenvalue weighted by atomic mass is 10.3. The summed E-state index contributed by atoms with van der Waals surface area (Å²) < 4.78 is 5.24. The molecule has 0 aliphatic carbocycles. The maximum atomic E-state index is 11.2. The highest BCUT2D eigenvalue weighted by atomic mass is 16.5. The van der Waals surface area contributed by atoms with Crippen LogP contribution in [0.25, 0.3) is 0 Å². The minimum atomic E-state index is -0.357. The maximum absolute atomic E-state index is 11.2. The number of amides is 1. The van der Waals surface area contributed by atoms with E-state index in [-0.39, 0.29) is 18.3 Å². The number of nitriles is 1. The normalized spacial score (nSPS) is 9.50. The Balaban J connectivity index is 1.97. The molecule has 2 aromatic rings. The molecule has 90 valence electrons. The predicted molar refractivity (Wildman–Crippen MR) is 59.6 cm³/mol. The van der Waals surface area contributed by atoms with Crippen molar-refractivity contribution in [1.82, 2.24) is 20.6 Å². The van der Waals surface area contributed by atoms with Crippen LogP contribution in [0.2, 0.25) is 0 Å². The van der Waals surface area contributed by atoms with E-state index in [1.807, 2.05) is 0 Å². The Morgan fingerprint density at radius 3 is 2.83 bits per heavy atom. The van der Waals surface area contributed by atoms with Crippen LogP contribution in [-0.2, 0) is 4.79 Å². The molecule has 2 rings (SSSR count). The number of carbonyl (C=O) groups is 1. The second kappa shape index (κ2) is 5.40. The van der Waals surface area contributed by atoms with Crippen molar-refractivity contribution in [3.8, 4) is 17.8 Å². The number of nitrogens with zero attached hydrogens (tertiary/aromatic N) is 4. The first-order chi connectivity index (χ1) is 8.78. The molecule has 1 aromatic carbocycles. The molecular weight excluding hydrogens is 236 g/mol. The SMILES string of the molecule is N#CCC(=O)Nc1ccc(Oc2nn[nH]n2)cc1.